The van der Waals surface area contributed by atoms with E-state index in [1.807, 2.05) is 0 Å². The van der Waals surface area contributed by atoms with Crippen molar-refractivity contribution in [2.75, 3.05) is 0 Å². The Balaban J connectivity index is 1.50. The van der Waals surface area contributed by atoms with Gasteiger partial charge in [0.15, 0.2) is 0 Å². The van der Waals surface area contributed by atoms with Crippen LogP contribution < -0.4 is 10.4 Å². The fourth-order valence-corrected chi connectivity index (χ4v) is 8.01. The zero-order valence-electron chi connectivity index (χ0n) is 25.5. The third kappa shape index (κ3) is 3.63. The van der Waals surface area contributed by atoms with Gasteiger partial charge in [0.25, 0.3) is 0 Å². The summed E-state index contributed by atoms with van der Waals surface area (Å²) in [5, 5.41) is 8.10. The molecule has 5 aromatic carbocycles. The molecule has 0 bridgehead atoms. The van der Waals surface area contributed by atoms with Gasteiger partial charge >= 0.3 is 0 Å². The van der Waals surface area contributed by atoms with Crippen LogP contribution in [-0.2, 0) is 10.8 Å². The molecule has 2 heteroatoms. The van der Waals surface area contributed by atoms with Crippen LogP contribution in [0.2, 0.25) is 0 Å². The largest absolute Gasteiger partial charge is 0.250 e. The molecule has 2 heterocycles. The molecule has 2 aromatic heterocycles. The van der Waals surface area contributed by atoms with Crippen molar-refractivity contribution in [1.82, 2.24) is 9.97 Å². The summed E-state index contributed by atoms with van der Waals surface area (Å²) in [6.07, 6.45) is 5.48. The number of rotatable bonds is 2. The van der Waals surface area contributed by atoms with Crippen molar-refractivity contribution in [2.45, 2.75) is 31.1 Å². The molecular formula is C43H32N2. The Morgan fingerprint density at radius 2 is 1.07 bits per heavy atom. The molecule has 0 atom stereocenters. The quantitative estimate of drug-likeness (QED) is 0.195. The number of hydrogen-bond donors (Lipinski definition) is 0. The lowest BCUT2D eigenvalue weighted by Gasteiger charge is -2.46. The summed E-state index contributed by atoms with van der Waals surface area (Å²) >= 11 is 0. The Bertz CT molecular complexity index is 2510. The van der Waals surface area contributed by atoms with Crippen LogP contribution in [0.5, 0.6) is 0 Å². The van der Waals surface area contributed by atoms with Crippen molar-refractivity contribution in [1.29, 1.82) is 0 Å². The summed E-state index contributed by atoms with van der Waals surface area (Å²) in [5.41, 5.74) is 7.18. The molecule has 0 saturated heterocycles. The lowest BCUT2D eigenvalue weighted by molar-refractivity contribution is 0.545. The van der Waals surface area contributed by atoms with Gasteiger partial charge in [-0.15, -0.1) is 0 Å². The van der Waals surface area contributed by atoms with Gasteiger partial charge in [-0.25, -0.2) is 0 Å². The molecule has 2 nitrogen and oxygen atoms in total. The highest BCUT2D eigenvalue weighted by molar-refractivity contribution is 6.05. The molecule has 0 N–H and O–H groups in total. The standard InChI is InChI=1S/C43H32N2/c1-42(2)34-18-7-9-20-36(34)43(37-21-10-8-19-35(37)42,39-27-25-31-23-22-29-13-4-6-17-33(29)41(31)45-39)38-26-24-30-15-11-14-28-12-3-5-16-32(28)40(30)44-38/h3-10,12-27H,11H2,1-2H3. The summed E-state index contributed by atoms with van der Waals surface area (Å²) in [7, 11) is 0. The van der Waals surface area contributed by atoms with Gasteiger partial charge in [0.1, 0.15) is 5.41 Å². The van der Waals surface area contributed by atoms with Crippen molar-refractivity contribution < 1.29 is 0 Å². The normalized spacial score (nSPS) is 15.5. The minimum absolute atomic E-state index is 0.193. The monoisotopic (exact) mass is 576 g/mol. The minimum atomic E-state index is -0.728. The van der Waals surface area contributed by atoms with E-state index in [-0.39, 0.29) is 5.41 Å². The first-order valence-electron chi connectivity index (χ1n) is 15.8. The predicted octanol–water partition coefficient (Wildman–Crippen LogP) is 8.06. The zero-order chi connectivity index (χ0) is 30.2. The lowest BCUT2D eigenvalue weighted by Crippen LogP contribution is -2.43. The van der Waals surface area contributed by atoms with E-state index < -0.39 is 5.41 Å². The molecule has 0 fully saturated rings. The van der Waals surface area contributed by atoms with Gasteiger partial charge in [0, 0.05) is 21.4 Å². The summed E-state index contributed by atoms with van der Waals surface area (Å²) in [4.78, 5) is 11.3. The number of pyridine rings is 2. The van der Waals surface area contributed by atoms with E-state index in [4.69, 9.17) is 9.97 Å². The van der Waals surface area contributed by atoms with Gasteiger partial charge in [-0.1, -0.05) is 147 Å². The number of benzene rings is 5. The van der Waals surface area contributed by atoms with Crippen LogP contribution >= 0.6 is 0 Å². The maximum Gasteiger partial charge on any atom is 0.105 e. The van der Waals surface area contributed by atoms with Crippen LogP contribution in [0.25, 0.3) is 33.8 Å². The molecule has 2 aliphatic carbocycles. The first-order chi connectivity index (χ1) is 22.1. The average Bonchev–Trinajstić information content (AvgIpc) is 3.28. The first-order valence-corrected chi connectivity index (χ1v) is 15.8. The van der Waals surface area contributed by atoms with Crippen molar-refractivity contribution in [3.05, 3.63) is 188 Å². The van der Waals surface area contributed by atoms with Crippen LogP contribution in [0.4, 0.5) is 0 Å². The second-order valence-electron chi connectivity index (χ2n) is 12.9. The van der Waals surface area contributed by atoms with Gasteiger partial charge in [0.2, 0.25) is 0 Å². The van der Waals surface area contributed by atoms with Crippen molar-refractivity contribution in [3.63, 3.8) is 0 Å². The average molecular weight is 577 g/mol. The Labute approximate surface area is 262 Å². The van der Waals surface area contributed by atoms with Crippen molar-refractivity contribution >= 4 is 33.8 Å². The molecule has 45 heavy (non-hydrogen) atoms. The lowest BCUT2D eigenvalue weighted by atomic mass is 9.56. The highest BCUT2D eigenvalue weighted by Gasteiger charge is 2.50. The molecule has 0 unspecified atom stereocenters. The number of hydrogen-bond acceptors (Lipinski definition) is 2. The summed E-state index contributed by atoms with van der Waals surface area (Å²) in [6, 6.07) is 48.5. The van der Waals surface area contributed by atoms with Crippen molar-refractivity contribution in [2.24, 2.45) is 0 Å². The SMILES string of the molecule is CC1(C)c2ccccc2C(c2ccc3c(n2)=c2ccccc2=CCC=3)(c2ccc3ccc4ccccc4c3n2)c2ccccc21. The van der Waals surface area contributed by atoms with Gasteiger partial charge in [-0.05, 0) is 56.6 Å². The Morgan fingerprint density at radius 3 is 1.87 bits per heavy atom. The number of fused-ring (bicyclic) bond motifs is 7. The molecule has 0 radical (unpaired) electrons. The van der Waals surface area contributed by atoms with Crippen LogP contribution in [0, 0.1) is 10.6 Å². The fraction of sp³-hybridized carbons (Fsp3) is 0.116. The molecule has 214 valence electrons. The van der Waals surface area contributed by atoms with E-state index >= 15 is 0 Å². The van der Waals surface area contributed by atoms with E-state index in [2.05, 4.69) is 159 Å². The Morgan fingerprint density at radius 1 is 0.489 bits per heavy atom. The van der Waals surface area contributed by atoms with E-state index in [0.717, 1.165) is 34.1 Å². The maximum atomic E-state index is 5.68. The van der Waals surface area contributed by atoms with Gasteiger partial charge in [0.05, 0.1) is 22.3 Å². The van der Waals surface area contributed by atoms with E-state index in [0.29, 0.717) is 0 Å². The highest BCUT2D eigenvalue weighted by Crippen LogP contribution is 2.55. The number of aromatic nitrogens is 2. The van der Waals surface area contributed by atoms with Crippen molar-refractivity contribution in [3.8, 4) is 0 Å². The summed E-state index contributed by atoms with van der Waals surface area (Å²) in [5.74, 6) is 0. The molecule has 2 aliphatic rings. The molecular weight excluding hydrogens is 544 g/mol. The Kier molecular flexibility index (Phi) is 5.55. The second-order valence-corrected chi connectivity index (χ2v) is 12.9. The summed E-state index contributed by atoms with van der Waals surface area (Å²) in [6.45, 7) is 4.70. The fourth-order valence-electron chi connectivity index (χ4n) is 8.01. The molecule has 0 aliphatic heterocycles. The third-order valence-electron chi connectivity index (χ3n) is 10.2. The van der Waals surface area contributed by atoms with E-state index in [1.54, 1.807) is 0 Å². The van der Waals surface area contributed by atoms with E-state index in [9.17, 15) is 0 Å². The maximum absolute atomic E-state index is 5.68. The minimum Gasteiger partial charge on any atom is -0.250 e. The molecule has 0 saturated carbocycles. The van der Waals surface area contributed by atoms with Crippen LogP contribution in [-0.4, -0.2) is 9.97 Å². The molecule has 0 amide bonds. The zero-order valence-corrected chi connectivity index (χ0v) is 25.5. The van der Waals surface area contributed by atoms with Gasteiger partial charge in [-0.3, -0.25) is 9.97 Å². The molecule has 7 aromatic rings. The van der Waals surface area contributed by atoms with Gasteiger partial charge < -0.3 is 0 Å². The number of nitrogens with zero attached hydrogens (tertiary/aromatic N) is 2. The molecule has 9 rings (SSSR count). The smallest absolute Gasteiger partial charge is 0.105 e. The third-order valence-corrected chi connectivity index (χ3v) is 10.2. The topological polar surface area (TPSA) is 25.8 Å². The van der Waals surface area contributed by atoms with Crippen LogP contribution in [0.1, 0.15) is 53.9 Å². The van der Waals surface area contributed by atoms with Gasteiger partial charge in [-0.2, -0.15) is 0 Å². The summed E-state index contributed by atoms with van der Waals surface area (Å²) < 4.78 is 0. The second kappa shape index (κ2) is 9.58. The molecule has 0 spiro atoms. The van der Waals surface area contributed by atoms with Crippen LogP contribution in [0.15, 0.2) is 133 Å². The first kappa shape index (κ1) is 26.1. The van der Waals surface area contributed by atoms with Crippen LogP contribution in [0.3, 0.4) is 0 Å². The highest BCUT2D eigenvalue weighted by atomic mass is 14.8. The van der Waals surface area contributed by atoms with E-state index in [1.165, 1.54) is 48.7 Å². The predicted molar refractivity (Wildman–Crippen MR) is 184 cm³/mol. The Hall–Kier alpha value is -5.34.